The van der Waals surface area contributed by atoms with Gasteiger partial charge < -0.3 is 10.1 Å². The van der Waals surface area contributed by atoms with Crippen LogP contribution in [0.15, 0.2) is 29.4 Å². The number of hydrogen-bond donors (Lipinski definition) is 2. The van der Waals surface area contributed by atoms with E-state index >= 15 is 0 Å². The number of carbonyl (C=O) groups excluding carboxylic acids is 3. The normalized spacial score (nSPS) is 21.1. The zero-order valence-corrected chi connectivity index (χ0v) is 16.3. The molecule has 0 aromatic heterocycles. The Morgan fingerprint density at radius 2 is 2.00 bits per heavy atom. The Balaban J connectivity index is 1.63. The second kappa shape index (κ2) is 9.20. The lowest BCUT2D eigenvalue weighted by Gasteiger charge is -2.30. The maximum Gasteiger partial charge on any atom is 0.254 e. The molecule has 1 atom stereocenters. The van der Waals surface area contributed by atoms with Crippen molar-refractivity contribution < 1.29 is 19.1 Å². The number of amides is 3. The number of halogens is 1. The fourth-order valence-electron chi connectivity index (χ4n) is 2.74. The van der Waals surface area contributed by atoms with Gasteiger partial charge in [0.25, 0.3) is 11.8 Å². The molecule has 3 amide bonds. The Morgan fingerprint density at radius 3 is 2.68 bits per heavy atom. The Hall–Kier alpha value is -2.40. The summed E-state index contributed by atoms with van der Waals surface area (Å²) in [6.45, 7) is 2.64. The van der Waals surface area contributed by atoms with Crippen molar-refractivity contribution in [3.05, 3.63) is 29.3 Å². The molecular weight excluding hydrogens is 406 g/mol. The number of nitrogens with one attached hydrogen (secondary N) is 2. The van der Waals surface area contributed by atoms with Crippen molar-refractivity contribution >= 4 is 58.6 Å². The summed E-state index contributed by atoms with van der Waals surface area (Å²) in [6, 6.07) is 6.45. The number of ether oxygens (including phenoxy) is 1. The molecule has 2 N–H and O–H groups in total. The average molecular weight is 424 g/mol. The first-order chi connectivity index (χ1) is 13.5. The van der Waals surface area contributed by atoms with Gasteiger partial charge in [0.2, 0.25) is 5.91 Å². The van der Waals surface area contributed by atoms with Crippen LogP contribution in [0.4, 0.5) is 5.69 Å². The SMILES string of the molecule is O=C(CN1CCOCC1)N/N=C/[C@H]1C(=O)NC(=S)N(c2ccc(Cl)cc2)C1=O. The van der Waals surface area contributed by atoms with Crippen LogP contribution in [0.3, 0.4) is 0 Å². The maximum atomic E-state index is 12.7. The largest absolute Gasteiger partial charge is 0.379 e. The predicted octanol–water partition coefficient (Wildman–Crippen LogP) is 0.138. The Labute approximate surface area is 171 Å². The van der Waals surface area contributed by atoms with Gasteiger partial charge in [-0.2, -0.15) is 5.10 Å². The maximum absolute atomic E-state index is 12.7. The van der Waals surface area contributed by atoms with Gasteiger partial charge in [0.1, 0.15) is 0 Å². The summed E-state index contributed by atoms with van der Waals surface area (Å²) in [7, 11) is 0. The number of benzene rings is 1. The molecule has 1 aromatic rings. The first-order valence-electron chi connectivity index (χ1n) is 8.52. The minimum Gasteiger partial charge on any atom is -0.379 e. The summed E-state index contributed by atoms with van der Waals surface area (Å²) in [4.78, 5) is 40.0. The van der Waals surface area contributed by atoms with Gasteiger partial charge in [0.05, 0.1) is 25.4 Å². The van der Waals surface area contributed by atoms with Crippen LogP contribution in [-0.4, -0.2) is 66.8 Å². The van der Waals surface area contributed by atoms with Crippen molar-refractivity contribution in [2.75, 3.05) is 37.7 Å². The van der Waals surface area contributed by atoms with Crippen LogP contribution < -0.4 is 15.6 Å². The highest BCUT2D eigenvalue weighted by Gasteiger charge is 2.38. The van der Waals surface area contributed by atoms with E-state index in [1.807, 2.05) is 4.90 Å². The standard InChI is InChI=1S/C17H18ClN5O4S/c18-11-1-3-12(4-2-11)23-16(26)13(15(25)20-17(23)28)9-19-21-14(24)10-22-5-7-27-8-6-22/h1-4,9,13H,5-8,10H2,(H,21,24)(H,20,25,28)/b19-9+/t13-/m0/s1. The highest BCUT2D eigenvalue weighted by atomic mass is 35.5. The van der Waals surface area contributed by atoms with Crippen molar-refractivity contribution in [1.82, 2.24) is 15.6 Å². The molecule has 2 aliphatic rings. The van der Waals surface area contributed by atoms with E-state index < -0.39 is 17.7 Å². The molecule has 2 aliphatic heterocycles. The molecule has 28 heavy (non-hydrogen) atoms. The quantitative estimate of drug-likeness (QED) is 0.302. The van der Waals surface area contributed by atoms with Crippen LogP contribution in [0.5, 0.6) is 0 Å². The lowest BCUT2D eigenvalue weighted by Crippen LogP contribution is -2.58. The van der Waals surface area contributed by atoms with Crippen molar-refractivity contribution in [2.24, 2.45) is 11.0 Å². The van der Waals surface area contributed by atoms with Crippen LogP contribution in [0.2, 0.25) is 5.02 Å². The molecule has 1 aromatic carbocycles. The van der Waals surface area contributed by atoms with Gasteiger partial charge in [0, 0.05) is 24.3 Å². The number of carbonyl (C=O) groups is 3. The second-order valence-electron chi connectivity index (χ2n) is 6.12. The zero-order valence-electron chi connectivity index (χ0n) is 14.8. The average Bonchev–Trinajstić information content (AvgIpc) is 2.66. The summed E-state index contributed by atoms with van der Waals surface area (Å²) in [5.74, 6) is -2.73. The molecule has 2 fully saturated rings. The Bertz CT molecular complexity index is 810. The second-order valence-corrected chi connectivity index (χ2v) is 6.95. The summed E-state index contributed by atoms with van der Waals surface area (Å²) >= 11 is 11.0. The van der Waals surface area contributed by atoms with Crippen LogP contribution >= 0.6 is 23.8 Å². The summed E-state index contributed by atoms with van der Waals surface area (Å²) in [5, 5.41) is 6.71. The van der Waals surface area contributed by atoms with Crippen molar-refractivity contribution in [3.8, 4) is 0 Å². The van der Waals surface area contributed by atoms with Crippen molar-refractivity contribution in [3.63, 3.8) is 0 Å². The number of rotatable bonds is 5. The molecule has 148 valence electrons. The van der Waals surface area contributed by atoms with E-state index in [2.05, 4.69) is 15.8 Å². The molecule has 0 radical (unpaired) electrons. The first-order valence-corrected chi connectivity index (χ1v) is 9.31. The number of hydrogen-bond acceptors (Lipinski definition) is 7. The topological polar surface area (TPSA) is 103 Å². The van der Waals surface area contributed by atoms with Gasteiger partial charge in [-0.25, -0.2) is 5.43 Å². The number of anilines is 1. The van der Waals surface area contributed by atoms with Gasteiger partial charge in [-0.15, -0.1) is 0 Å². The van der Waals surface area contributed by atoms with E-state index in [9.17, 15) is 14.4 Å². The first kappa shape index (κ1) is 20.3. The minimum absolute atomic E-state index is 0.0293. The fraction of sp³-hybridized carbons (Fsp3) is 0.353. The van der Waals surface area contributed by atoms with Crippen molar-refractivity contribution in [2.45, 2.75) is 0 Å². The predicted molar refractivity (Wildman–Crippen MR) is 107 cm³/mol. The molecule has 2 saturated heterocycles. The molecule has 0 unspecified atom stereocenters. The number of hydrazone groups is 1. The molecule has 3 rings (SSSR count). The van der Waals surface area contributed by atoms with E-state index in [1.54, 1.807) is 24.3 Å². The Kier molecular flexibility index (Phi) is 6.68. The summed E-state index contributed by atoms with van der Waals surface area (Å²) in [5.41, 5.74) is 2.81. The fourth-order valence-corrected chi connectivity index (χ4v) is 3.16. The van der Waals surface area contributed by atoms with Crippen LogP contribution in [0.25, 0.3) is 0 Å². The van der Waals surface area contributed by atoms with E-state index in [0.717, 1.165) is 6.21 Å². The molecule has 0 bridgehead atoms. The third-order valence-electron chi connectivity index (χ3n) is 4.17. The number of thiocarbonyl (C=S) groups is 1. The highest BCUT2D eigenvalue weighted by molar-refractivity contribution is 7.80. The van der Waals surface area contributed by atoms with Crippen LogP contribution in [0.1, 0.15) is 0 Å². The minimum atomic E-state index is -1.22. The molecule has 9 nitrogen and oxygen atoms in total. The lowest BCUT2D eigenvalue weighted by molar-refractivity contribution is -0.130. The van der Waals surface area contributed by atoms with Gasteiger partial charge in [-0.1, -0.05) is 11.6 Å². The van der Waals surface area contributed by atoms with Crippen molar-refractivity contribution in [1.29, 1.82) is 0 Å². The molecule has 0 aliphatic carbocycles. The molecule has 0 spiro atoms. The lowest BCUT2D eigenvalue weighted by atomic mass is 10.1. The Morgan fingerprint density at radius 1 is 1.32 bits per heavy atom. The van der Waals surface area contributed by atoms with Crippen LogP contribution in [0, 0.1) is 5.92 Å². The molecular formula is C17H18ClN5O4S. The third kappa shape index (κ3) is 4.90. The monoisotopic (exact) mass is 423 g/mol. The smallest absolute Gasteiger partial charge is 0.254 e. The summed E-state index contributed by atoms with van der Waals surface area (Å²) < 4.78 is 5.22. The number of nitrogens with zero attached hydrogens (tertiary/aromatic N) is 3. The third-order valence-corrected chi connectivity index (χ3v) is 4.71. The van der Waals surface area contributed by atoms with Crippen LogP contribution in [-0.2, 0) is 19.1 Å². The highest BCUT2D eigenvalue weighted by Crippen LogP contribution is 2.22. The van der Waals surface area contributed by atoms with Gasteiger partial charge in [-0.3, -0.25) is 24.2 Å². The molecule has 0 saturated carbocycles. The van der Waals surface area contributed by atoms with E-state index in [0.29, 0.717) is 37.0 Å². The van der Waals surface area contributed by atoms with Gasteiger partial charge in [0.15, 0.2) is 11.0 Å². The van der Waals surface area contributed by atoms with E-state index in [4.69, 9.17) is 28.6 Å². The number of morpholine rings is 1. The zero-order chi connectivity index (χ0) is 20.1. The van der Waals surface area contributed by atoms with Gasteiger partial charge >= 0.3 is 0 Å². The van der Waals surface area contributed by atoms with Gasteiger partial charge in [-0.05, 0) is 36.5 Å². The molecule has 11 heteroatoms. The van der Waals surface area contributed by atoms with E-state index in [-0.39, 0.29) is 17.6 Å². The van der Waals surface area contributed by atoms with E-state index in [1.165, 1.54) is 4.90 Å². The molecule has 2 heterocycles. The summed E-state index contributed by atoms with van der Waals surface area (Å²) in [6.07, 6.45) is 1.10.